The highest BCUT2D eigenvalue weighted by Crippen LogP contribution is 2.35. The molecule has 1 aromatic carbocycles. The lowest BCUT2D eigenvalue weighted by Gasteiger charge is -2.12. The Labute approximate surface area is 82.7 Å². The van der Waals surface area contributed by atoms with Gasteiger partial charge in [0.15, 0.2) is 0 Å². The van der Waals surface area contributed by atoms with E-state index in [-0.39, 0.29) is 5.75 Å². The average Bonchev–Trinajstić information content (AvgIpc) is 2.15. The first-order chi connectivity index (χ1) is 6.49. The second-order valence-electron chi connectivity index (χ2n) is 2.66. The second-order valence-corrected chi connectivity index (χ2v) is 3.74. The van der Waals surface area contributed by atoms with Crippen molar-refractivity contribution >= 4 is 14.7 Å². The number of hydrogen-bond donors (Lipinski definition) is 0. The van der Waals surface area contributed by atoms with Gasteiger partial charge in [0.2, 0.25) is 0 Å². The molecule has 0 N–H and O–H groups in total. The minimum atomic E-state index is -4.35. The molecule has 1 nitrogen and oxygen atoms in total. The molecule has 0 aliphatic heterocycles. The normalized spacial score (nSPS) is 11.5. The molecule has 1 rings (SSSR count). The summed E-state index contributed by atoms with van der Waals surface area (Å²) in [6, 6.07) is 4.14. The summed E-state index contributed by atoms with van der Waals surface area (Å²) in [5, 5.41) is 0.679. The molecule has 1 aromatic rings. The van der Waals surface area contributed by atoms with Crippen LogP contribution >= 0.6 is 0 Å². The number of alkyl halides is 3. The maximum atomic E-state index is 12.5. The highest BCUT2D eigenvalue weighted by Gasteiger charge is 2.34. The molecular formula is C9H9F3OSi. The van der Waals surface area contributed by atoms with Gasteiger partial charge in [-0.05, 0) is 12.1 Å². The molecule has 76 valence electrons. The van der Waals surface area contributed by atoms with E-state index in [1.807, 2.05) is 6.55 Å². The van der Waals surface area contributed by atoms with E-state index in [1.165, 1.54) is 13.2 Å². The zero-order valence-corrected chi connectivity index (χ0v) is 8.77. The van der Waals surface area contributed by atoms with Crippen LogP contribution in [-0.2, 0) is 6.18 Å². The molecule has 0 aromatic heterocycles. The van der Waals surface area contributed by atoms with Crippen LogP contribution in [0.1, 0.15) is 5.56 Å². The largest absolute Gasteiger partial charge is 0.496 e. The van der Waals surface area contributed by atoms with E-state index in [1.54, 1.807) is 6.07 Å². The van der Waals surface area contributed by atoms with Crippen molar-refractivity contribution in [1.29, 1.82) is 0 Å². The first-order valence-electron chi connectivity index (χ1n) is 3.92. The quantitative estimate of drug-likeness (QED) is 0.691. The Kier molecular flexibility index (Phi) is 3.20. The molecule has 0 saturated heterocycles. The van der Waals surface area contributed by atoms with Crippen molar-refractivity contribution in [1.82, 2.24) is 0 Å². The van der Waals surface area contributed by atoms with Crippen molar-refractivity contribution < 1.29 is 17.9 Å². The molecule has 0 bridgehead atoms. The smallest absolute Gasteiger partial charge is 0.419 e. The van der Waals surface area contributed by atoms with Gasteiger partial charge in [0, 0.05) is 0 Å². The molecule has 0 aliphatic rings. The van der Waals surface area contributed by atoms with Crippen LogP contribution in [0.3, 0.4) is 0 Å². The minimum absolute atomic E-state index is 0.125. The molecule has 0 amide bonds. The van der Waals surface area contributed by atoms with Crippen molar-refractivity contribution in [3.8, 4) is 5.75 Å². The predicted octanol–water partition coefficient (Wildman–Crippen LogP) is 2.09. The third-order valence-corrected chi connectivity index (χ3v) is 2.68. The van der Waals surface area contributed by atoms with Gasteiger partial charge >= 0.3 is 6.18 Å². The topological polar surface area (TPSA) is 9.23 Å². The maximum absolute atomic E-state index is 12.5. The van der Waals surface area contributed by atoms with Crippen molar-refractivity contribution in [3.63, 3.8) is 0 Å². The molecule has 0 unspecified atom stereocenters. The Morgan fingerprint density at radius 1 is 1.29 bits per heavy atom. The predicted molar refractivity (Wildman–Crippen MR) is 49.2 cm³/mol. The van der Waals surface area contributed by atoms with Gasteiger partial charge in [-0.3, -0.25) is 0 Å². The SMILES string of the molecule is COc1ccc([Si]C)cc1C(F)(F)F. The number of benzene rings is 1. The van der Waals surface area contributed by atoms with E-state index in [0.29, 0.717) is 14.7 Å². The number of rotatable bonds is 2. The molecular weight excluding hydrogens is 209 g/mol. The van der Waals surface area contributed by atoms with E-state index < -0.39 is 11.7 Å². The summed E-state index contributed by atoms with van der Waals surface area (Å²) in [7, 11) is 1.58. The van der Waals surface area contributed by atoms with Crippen molar-refractivity contribution in [3.05, 3.63) is 23.8 Å². The molecule has 0 heterocycles. The highest BCUT2D eigenvalue weighted by molar-refractivity contribution is 6.51. The summed E-state index contributed by atoms with van der Waals surface area (Å²) in [4.78, 5) is 0. The maximum Gasteiger partial charge on any atom is 0.419 e. The van der Waals surface area contributed by atoms with Gasteiger partial charge in [-0.2, -0.15) is 13.2 Å². The molecule has 0 atom stereocenters. The Bertz CT molecular complexity index is 322. The average molecular weight is 218 g/mol. The van der Waals surface area contributed by atoms with Crippen molar-refractivity contribution in [2.45, 2.75) is 12.7 Å². The fourth-order valence-electron chi connectivity index (χ4n) is 1.09. The van der Waals surface area contributed by atoms with Gasteiger partial charge in [0.05, 0.1) is 22.2 Å². The fourth-order valence-corrected chi connectivity index (χ4v) is 1.62. The van der Waals surface area contributed by atoms with E-state index in [4.69, 9.17) is 0 Å². The number of halogens is 3. The lowest BCUT2D eigenvalue weighted by atomic mass is 10.2. The Morgan fingerprint density at radius 3 is 2.36 bits per heavy atom. The van der Waals surface area contributed by atoms with Gasteiger partial charge in [-0.15, -0.1) is 0 Å². The van der Waals surface area contributed by atoms with E-state index in [0.717, 1.165) is 6.07 Å². The first-order valence-corrected chi connectivity index (χ1v) is 5.42. The summed E-state index contributed by atoms with van der Waals surface area (Å²) >= 11 is 0. The number of hydrogen-bond acceptors (Lipinski definition) is 1. The van der Waals surface area contributed by atoms with E-state index in [2.05, 4.69) is 4.74 Å². The van der Waals surface area contributed by atoms with Crippen molar-refractivity contribution in [2.24, 2.45) is 0 Å². The molecule has 0 spiro atoms. The van der Waals surface area contributed by atoms with Crippen LogP contribution < -0.4 is 9.92 Å². The van der Waals surface area contributed by atoms with Crippen LogP contribution in [0.2, 0.25) is 6.55 Å². The summed E-state index contributed by atoms with van der Waals surface area (Å²) in [6.07, 6.45) is -4.35. The Hall–Kier alpha value is -0.973. The minimum Gasteiger partial charge on any atom is -0.496 e. The Balaban J connectivity index is 3.22. The second kappa shape index (κ2) is 4.04. The van der Waals surface area contributed by atoms with Gasteiger partial charge in [0.1, 0.15) is 5.75 Å². The van der Waals surface area contributed by atoms with E-state index >= 15 is 0 Å². The third-order valence-electron chi connectivity index (χ3n) is 1.79. The van der Waals surface area contributed by atoms with E-state index in [9.17, 15) is 13.2 Å². The summed E-state index contributed by atoms with van der Waals surface area (Å²) in [5.41, 5.74) is -0.702. The highest BCUT2D eigenvalue weighted by atomic mass is 28.2. The standard InChI is InChI=1S/C9H9F3OSi/c1-13-8-4-3-6(14-2)5-7(8)9(10,11)12/h3-5H,1-2H3. The molecule has 14 heavy (non-hydrogen) atoms. The van der Waals surface area contributed by atoms with Crippen molar-refractivity contribution in [2.75, 3.05) is 7.11 Å². The fraction of sp³-hybridized carbons (Fsp3) is 0.333. The zero-order valence-electron chi connectivity index (χ0n) is 7.77. The summed E-state index contributed by atoms with van der Waals surface area (Å²) in [6.45, 7) is 1.84. The lowest BCUT2D eigenvalue weighted by Crippen LogP contribution is -2.16. The van der Waals surface area contributed by atoms with Gasteiger partial charge in [-0.1, -0.05) is 17.8 Å². The van der Waals surface area contributed by atoms with Gasteiger partial charge in [0.25, 0.3) is 0 Å². The molecule has 0 saturated carbocycles. The van der Waals surface area contributed by atoms with Gasteiger partial charge < -0.3 is 4.74 Å². The zero-order chi connectivity index (χ0) is 10.8. The third kappa shape index (κ3) is 2.28. The molecule has 0 aliphatic carbocycles. The van der Waals surface area contributed by atoms with Gasteiger partial charge in [-0.25, -0.2) is 0 Å². The Morgan fingerprint density at radius 2 is 1.93 bits per heavy atom. The van der Waals surface area contributed by atoms with Crippen LogP contribution in [0.4, 0.5) is 13.2 Å². The lowest BCUT2D eigenvalue weighted by molar-refractivity contribution is -0.138. The molecule has 0 fully saturated rings. The molecule has 2 radical (unpaired) electrons. The van der Waals surface area contributed by atoms with Crippen LogP contribution in [0, 0.1) is 0 Å². The monoisotopic (exact) mass is 218 g/mol. The number of methoxy groups -OCH3 is 1. The van der Waals surface area contributed by atoms with Crippen LogP contribution in [-0.4, -0.2) is 16.6 Å². The summed E-state index contributed by atoms with van der Waals surface area (Å²) < 4.78 is 42.1. The summed E-state index contributed by atoms with van der Waals surface area (Å²) in [5.74, 6) is -0.125. The molecule has 5 heteroatoms. The van der Waals surface area contributed by atoms with Crippen LogP contribution in [0.25, 0.3) is 0 Å². The first kappa shape index (κ1) is 11.1. The number of ether oxygens (including phenoxy) is 1. The van der Waals surface area contributed by atoms with Crippen LogP contribution in [0.5, 0.6) is 5.75 Å². The van der Waals surface area contributed by atoms with Crippen LogP contribution in [0.15, 0.2) is 18.2 Å².